The molecule has 1 aliphatic rings. The summed E-state index contributed by atoms with van der Waals surface area (Å²) >= 11 is 0. The smallest absolute Gasteiger partial charge is 0.151 e. The molecule has 0 aromatic heterocycles. The van der Waals surface area contributed by atoms with Crippen LogP contribution in [0.15, 0.2) is 18.2 Å². The molecule has 0 amide bonds. The molecule has 2 rings (SSSR count). The van der Waals surface area contributed by atoms with Gasteiger partial charge in [-0.1, -0.05) is 17.7 Å². The quantitative estimate of drug-likeness (QED) is 0.815. The topological polar surface area (TPSA) is 38.3 Å². The van der Waals surface area contributed by atoms with Crippen molar-refractivity contribution in [3.05, 3.63) is 29.3 Å². The van der Waals surface area contributed by atoms with Crippen LogP contribution in [0.4, 0.5) is 0 Å². The predicted molar refractivity (Wildman–Crippen MR) is 67.5 cm³/mol. The second kappa shape index (κ2) is 5.32. The summed E-state index contributed by atoms with van der Waals surface area (Å²) in [5, 5.41) is 3.24. The van der Waals surface area contributed by atoms with Gasteiger partial charge in [0.2, 0.25) is 0 Å². The fourth-order valence-electron chi connectivity index (χ4n) is 1.87. The fourth-order valence-corrected chi connectivity index (χ4v) is 1.87. The number of ketones is 1. The molecular weight excluding hydrogens is 214 g/mol. The minimum atomic E-state index is 0.223. The summed E-state index contributed by atoms with van der Waals surface area (Å²) in [5.74, 6) is 1.02. The summed E-state index contributed by atoms with van der Waals surface area (Å²) in [4.78, 5) is 11.8. The van der Waals surface area contributed by atoms with E-state index in [1.165, 1.54) is 12.8 Å². The van der Waals surface area contributed by atoms with Gasteiger partial charge in [-0.25, -0.2) is 0 Å². The lowest BCUT2D eigenvalue weighted by atomic mass is 10.0. The third-order valence-electron chi connectivity index (χ3n) is 2.99. The molecular formula is C14H19NO2. The number of ether oxygens (including phenoxy) is 1. The normalized spacial score (nSPS) is 14.7. The van der Waals surface area contributed by atoms with Gasteiger partial charge in [-0.05, 0) is 25.8 Å². The first-order chi connectivity index (χ1) is 8.19. The zero-order valence-corrected chi connectivity index (χ0v) is 10.5. The molecule has 0 bridgehead atoms. The summed E-state index contributed by atoms with van der Waals surface area (Å²) in [6.07, 6.45) is 2.87. The van der Waals surface area contributed by atoms with Gasteiger partial charge in [-0.15, -0.1) is 0 Å². The Morgan fingerprint density at radius 1 is 1.47 bits per heavy atom. The molecule has 1 N–H and O–H groups in total. The molecule has 1 saturated carbocycles. The third-order valence-corrected chi connectivity index (χ3v) is 2.99. The first-order valence-corrected chi connectivity index (χ1v) is 6.07. The van der Waals surface area contributed by atoms with Crippen molar-refractivity contribution in [3.63, 3.8) is 0 Å². The Morgan fingerprint density at radius 2 is 2.24 bits per heavy atom. The number of carbonyl (C=O) groups excluding carboxylic acids is 1. The largest absolute Gasteiger partial charge is 0.496 e. The van der Waals surface area contributed by atoms with E-state index in [-0.39, 0.29) is 5.78 Å². The van der Waals surface area contributed by atoms with Crippen molar-refractivity contribution in [3.8, 4) is 5.75 Å². The van der Waals surface area contributed by atoms with Crippen LogP contribution in [0.5, 0.6) is 5.75 Å². The lowest BCUT2D eigenvalue weighted by molar-refractivity contribution is -0.117. The molecule has 1 aromatic carbocycles. The van der Waals surface area contributed by atoms with Crippen molar-refractivity contribution in [1.29, 1.82) is 0 Å². The van der Waals surface area contributed by atoms with Gasteiger partial charge in [0, 0.05) is 18.0 Å². The Labute approximate surface area is 102 Å². The van der Waals surface area contributed by atoms with E-state index in [9.17, 15) is 4.79 Å². The number of aryl methyl sites for hydroxylation is 1. The second-order valence-electron chi connectivity index (χ2n) is 4.69. The van der Waals surface area contributed by atoms with Crippen LogP contribution in [-0.2, 0) is 11.2 Å². The van der Waals surface area contributed by atoms with E-state index in [0.717, 1.165) is 16.9 Å². The summed E-state index contributed by atoms with van der Waals surface area (Å²) in [5.41, 5.74) is 2.14. The molecule has 0 heterocycles. The standard InChI is InChI=1S/C14H19NO2/c1-10-3-6-14(17-2)11(7-10)8-13(16)9-15-12-4-5-12/h3,6-7,12,15H,4-5,8-9H2,1-2H3. The number of carbonyl (C=O) groups is 1. The SMILES string of the molecule is COc1ccc(C)cc1CC(=O)CNC1CC1. The van der Waals surface area contributed by atoms with E-state index >= 15 is 0 Å². The van der Waals surface area contributed by atoms with Gasteiger partial charge >= 0.3 is 0 Å². The molecule has 0 atom stereocenters. The van der Waals surface area contributed by atoms with Crippen LogP contribution in [-0.4, -0.2) is 25.5 Å². The molecule has 0 spiro atoms. The molecule has 3 heteroatoms. The molecule has 0 saturated heterocycles. The van der Waals surface area contributed by atoms with Gasteiger partial charge in [-0.3, -0.25) is 4.79 Å². The van der Waals surface area contributed by atoms with Crippen molar-refractivity contribution >= 4 is 5.78 Å². The third kappa shape index (κ3) is 3.56. The van der Waals surface area contributed by atoms with Crippen LogP contribution < -0.4 is 10.1 Å². The molecule has 92 valence electrons. The van der Waals surface area contributed by atoms with Crippen molar-refractivity contribution in [1.82, 2.24) is 5.32 Å². The van der Waals surface area contributed by atoms with E-state index < -0.39 is 0 Å². The Kier molecular flexibility index (Phi) is 3.79. The summed E-state index contributed by atoms with van der Waals surface area (Å²) in [6, 6.07) is 6.52. The fraction of sp³-hybridized carbons (Fsp3) is 0.500. The van der Waals surface area contributed by atoms with Crippen LogP contribution in [0, 0.1) is 6.92 Å². The van der Waals surface area contributed by atoms with Crippen molar-refractivity contribution < 1.29 is 9.53 Å². The maximum atomic E-state index is 11.8. The van der Waals surface area contributed by atoms with Gasteiger partial charge in [0.25, 0.3) is 0 Å². The highest BCUT2D eigenvalue weighted by Crippen LogP contribution is 2.21. The minimum absolute atomic E-state index is 0.223. The summed E-state index contributed by atoms with van der Waals surface area (Å²) < 4.78 is 5.27. The maximum absolute atomic E-state index is 11.8. The van der Waals surface area contributed by atoms with Crippen LogP contribution in [0.2, 0.25) is 0 Å². The highest BCUT2D eigenvalue weighted by molar-refractivity contribution is 5.83. The lowest BCUT2D eigenvalue weighted by Gasteiger charge is -2.09. The van der Waals surface area contributed by atoms with Gasteiger partial charge in [0.15, 0.2) is 5.78 Å². The van der Waals surface area contributed by atoms with Gasteiger partial charge in [0.05, 0.1) is 13.7 Å². The van der Waals surface area contributed by atoms with E-state index in [4.69, 9.17) is 4.74 Å². The first kappa shape index (κ1) is 12.1. The zero-order valence-electron chi connectivity index (χ0n) is 10.5. The maximum Gasteiger partial charge on any atom is 0.151 e. The van der Waals surface area contributed by atoms with Gasteiger partial charge in [0.1, 0.15) is 5.75 Å². The molecule has 0 unspecified atom stereocenters. The number of Topliss-reactive ketones (excluding diaryl/α,β-unsaturated/α-hetero) is 1. The van der Waals surface area contributed by atoms with Crippen LogP contribution in [0.1, 0.15) is 24.0 Å². The average Bonchev–Trinajstić information content (AvgIpc) is 3.10. The molecule has 17 heavy (non-hydrogen) atoms. The molecule has 1 aromatic rings. The molecule has 3 nitrogen and oxygen atoms in total. The predicted octanol–water partition coefficient (Wildman–Crippen LogP) is 1.87. The van der Waals surface area contributed by atoms with Gasteiger partial charge in [-0.2, -0.15) is 0 Å². The first-order valence-electron chi connectivity index (χ1n) is 6.07. The van der Waals surface area contributed by atoms with Crippen LogP contribution in [0.3, 0.4) is 0 Å². The number of methoxy groups -OCH3 is 1. The highest BCUT2D eigenvalue weighted by atomic mass is 16.5. The Balaban J connectivity index is 1.95. The molecule has 1 fully saturated rings. The molecule has 1 aliphatic carbocycles. The molecule has 0 aliphatic heterocycles. The van der Waals surface area contributed by atoms with Crippen molar-refractivity contribution in [2.45, 2.75) is 32.2 Å². The summed E-state index contributed by atoms with van der Waals surface area (Å²) in [6.45, 7) is 2.50. The second-order valence-corrected chi connectivity index (χ2v) is 4.69. The van der Waals surface area contributed by atoms with E-state index in [1.807, 2.05) is 25.1 Å². The van der Waals surface area contributed by atoms with Crippen LogP contribution in [0.25, 0.3) is 0 Å². The lowest BCUT2D eigenvalue weighted by Crippen LogP contribution is -2.26. The number of hydrogen-bond donors (Lipinski definition) is 1. The van der Waals surface area contributed by atoms with Gasteiger partial charge < -0.3 is 10.1 Å². The monoisotopic (exact) mass is 233 g/mol. The molecule has 0 radical (unpaired) electrons. The van der Waals surface area contributed by atoms with Crippen molar-refractivity contribution in [2.24, 2.45) is 0 Å². The summed E-state index contributed by atoms with van der Waals surface area (Å²) in [7, 11) is 1.64. The Bertz CT molecular complexity index is 411. The Morgan fingerprint density at radius 3 is 2.88 bits per heavy atom. The van der Waals surface area contributed by atoms with Crippen molar-refractivity contribution in [2.75, 3.05) is 13.7 Å². The average molecular weight is 233 g/mol. The minimum Gasteiger partial charge on any atom is -0.496 e. The number of nitrogens with one attached hydrogen (secondary N) is 1. The number of rotatable bonds is 6. The van der Waals surface area contributed by atoms with E-state index in [2.05, 4.69) is 5.32 Å². The number of hydrogen-bond acceptors (Lipinski definition) is 3. The van der Waals surface area contributed by atoms with Crippen LogP contribution >= 0.6 is 0 Å². The Hall–Kier alpha value is -1.35. The highest BCUT2D eigenvalue weighted by Gasteiger charge is 2.21. The number of benzene rings is 1. The van der Waals surface area contributed by atoms with E-state index in [0.29, 0.717) is 19.0 Å². The van der Waals surface area contributed by atoms with E-state index in [1.54, 1.807) is 7.11 Å². The zero-order chi connectivity index (χ0) is 12.3.